The lowest BCUT2D eigenvalue weighted by Crippen LogP contribution is -2.30. The molecule has 0 N–H and O–H groups in total. The van der Waals surface area contributed by atoms with E-state index in [4.69, 9.17) is 0 Å². The molecule has 1 aliphatic heterocycles. The second-order valence-electron chi connectivity index (χ2n) is 5.76. The van der Waals surface area contributed by atoms with Gasteiger partial charge in [-0.25, -0.2) is 0 Å². The average molecular weight is 281 g/mol. The molecule has 0 bridgehead atoms. The molecule has 3 nitrogen and oxygen atoms in total. The van der Waals surface area contributed by atoms with E-state index < -0.39 is 0 Å². The summed E-state index contributed by atoms with van der Waals surface area (Å²) in [6.07, 6.45) is 10.2. The van der Waals surface area contributed by atoms with Crippen molar-refractivity contribution in [1.29, 1.82) is 0 Å². The van der Waals surface area contributed by atoms with Crippen LogP contribution in [0.1, 0.15) is 31.4 Å². The molecular formula is C18H23N3. The molecule has 21 heavy (non-hydrogen) atoms. The van der Waals surface area contributed by atoms with Gasteiger partial charge in [0.2, 0.25) is 0 Å². The molecule has 1 aliphatic rings. The van der Waals surface area contributed by atoms with E-state index in [0.717, 1.165) is 17.7 Å². The van der Waals surface area contributed by atoms with Crippen LogP contribution in [-0.2, 0) is 6.42 Å². The second-order valence-corrected chi connectivity index (χ2v) is 5.76. The number of piperidine rings is 1. The van der Waals surface area contributed by atoms with Gasteiger partial charge < -0.3 is 4.90 Å². The summed E-state index contributed by atoms with van der Waals surface area (Å²) < 4.78 is 0. The summed E-state index contributed by atoms with van der Waals surface area (Å²) in [6.45, 7) is 3.78. The number of rotatable bonds is 5. The first-order valence-electron chi connectivity index (χ1n) is 8.00. The van der Waals surface area contributed by atoms with Crippen LogP contribution < -0.4 is 0 Å². The molecular weight excluding hydrogens is 258 g/mol. The van der Waals surface area contributed by atoms with Crippen LogP contribution in [0.2, 0.25) is 0 Å². The van der Waals surface area contributed by atoms with Crippen molar-refractivity contribution in [2.75, 3.05) is 19.6 Å². The smallest absolute Gasteiger partial charge is 0.0717 e. The molecule has 0 saturated carbocycles. The average Bonchev–Trinajstić information content (AvgIpc) is 2.57. The van der Waals surface area contributed by atoms with Gasteiger partial charge in [0.1, 0.15) is 0 Å². The van der Waals surface area contributed by atoms with E-state index in [2.05, 4.69) is 27.0 Å². The van der Waals surface area contributed by atoms with Gasteiger partial charge in [-0.15, -0.1) is 0 Å². The van der Waals surface area contributed by atoms with Crippen LogP contribution >= 0.6 is 0 Å². The lowest BCUT2D eigenvalue weighted by Gasteiger charge is -2.26. The zero-order valence-electron chi connectivity index (χ0n) is 12.5. The van der Waals surface area contributed by atoms with E-state index in [-0.39, 0.29) is 0 Å². The van der Waals surface area contributed by atoms with Gasteiger partial charge >= 0.3 is 0 Å². The molecule has 0 amide bonds. The van der Waals surface area contributed by atoms with E-state index >= 15 is 0 Å². The summed E-state index contributed by atoms with van der Waals surface area (Å²) in [6, 6.07) is 10.2. The van der Waals surface area contributed by atoms with Crippen molar-refractivity contribution < 1.29 is 0 Å². The summed E-state index contributed by atoms with van der Waals surface area (Å²) in [4.78, 5) is 11.5. The Kier molecular flexibility index (Phi) is 4.95. The molecule has 2 aromatic heterocycles. The first-order chi connectivity index (χ1) is 10.4. The highest BCUT2D eigenvalue weighted by molar-refractivity contribution is 5.57. The maximum atomic E-state index is 4.58. The molecule has 0 radical (unpaired) electrons. The fraction of sp³-hybridized carbons (Fsp3) is 0.444. The summed E-state index contributed by atoms with van der Waals surface area (Å²) in [5, 5.41) is 0. The maximum Gasteiger partial charge on any atom is 0.0717 e. The number of nitrogens with zero attached hydrogens (tertiary/aromatic N) is 3. The van der Waals surface area contributed by atoms with Gasteiger partial charge in [0.05, 0.1) is 5.69 Å². The van der Waals surface area contributed by atoms with Gasteiger partial charge in [0, 0.05) is 23.7 Å². The van der Waals surface area contributed by atoms with E-state index in [1.165, 1.54) is 51.0 Å². The van der Waals surface area contributed by atoms with Crippen molar-refractivity contribution in [2.24, 2.45) is 0 Å². The maximum absolute atomic E-state index is 4.58. The molecule has 3 heterocycles. The highest BCUT2D eigenvalue weighted by Crippen LogP contribution is 2.16. The molecule has 3 rings (SSSR count). The molecule has 1 saturated heterocycles. The van der Waals surface area contributed by atoms with Crippen molar-refractivity contribution in [3.8, 4) is 11.3 Å². The van der Waals surface area contributed by atoms with Crippen LogP contribution in [0.15, 0.2) is 42.7 Å². The van der Waals surface area contributed by atoms with Crippen molar-refractivity contribution in [2.45, 2.75) is 32.1 Å². The third-order valence-electron chi connectivity index (χ3n) is 4.14. The molecule has 1 fully saturated rings. The lowest BCUT2D eigenvalue weighted by atomic mass is 10.1. The monoisotopic (exact) mass is 281 g/mol. The summed E-state index contributed by atoms with van der Waals surface area (Å²) in [7, 11) is 0. The Morgan fingerprint density at radius 2 is 1.86 bits per heavy atom. The minimum absolute atomic E-state index is 0.991. The quantitative estimate of drug-likeness (QED) is 0.839. The minimum Gasteiger partial charge on any atom is -0.303 e. The van der Waals surface area contributed by atoms with Gasteiger partial charge in [-0.05, 0) is 69.6 Å². The van der Waals surface area contributed by atoms with E-state index in [9.17, 15) is 0 Å². The zero-order valence-corrected chi connectivity index (χ0v) is 12.5. The van der Waals surface area contributed by atoms with Crippen molar-refractivity contribution in [3.05, 3.63) is 48.4 Å². The molecule has 0 aromatic carbocycles. The second kappa shape index (κ2) is 7.32. The Morgan fingerprint density at radius 3 is 2.57 bits per heavy atom. The number of aromatic nitrogens is 2. The normalized spacial score (nSPS) is 16.0. The molecule has 0 atom stereocenters. The molecule has 0 unspecified atom stereocenters. The van der Waals surface area contributed by atoms with Crippen LogP contribution in [0.3, 0.4) is 0 Å². The van der Waals surface area contributed by atoms with Crippen LogP contribution in [0.25, 0.3) is 11.3 Å². The van der Waals surface area contributed by atoms with E-state index in [1.807, 2.05) is 30.6 Å². The standard InChI is InChI=1S/C18H23N3/c1-4-12-21(13-5-1)14-6-7-17-10-9-16(15-20-17)18-8-2-3-11-19-18/h2-3,8-11,15H,1,4-7,12-14H2. The third-order valence-corrected chi connectivity index (χ3v) is 4.14. The highest BCUT2D eigenvalue weighted by atomic mass is 15.1. The summed E-state index contributed by atoms with van der Waals surface area (Å²) in [5.74, 6) is 0. The van der Waals surface area contributed by atoms with Crippen molar-refractivity contribution in [3.63, 3.8) is 0 Å². The van der Waals surface area contributed by atoms with Gasteiger partial charge in [-0.1, -0.05) is 12.5 Å². The summed E-state index contributed by atoms with van der Waals surface area (Å²) in [5.41, 5.74) is 3.27. The van der Waals surface area contributed by atoms with Gasteiger partial charge in [-0.3, -0.25) is 9.97 Å². The van der Waals surface area contributed by atoms with Crippen LogP contribution in [0, 0.1) is 0 Å². The summed E-state index contributed by atoms with van der Waals surface area (Å²) >= 11 is 0. The fourth-order valence-electron chi connectivity index (χ4n) is 2.92. The molecule has 3 heteroatoms. The van der Waals surface area contributed by atoms with E-state index in [1.54, 1.807) is 0 Å². The number of hydrogen-bond donors (Lipinski definition) is 0. The number of pyridine rings is 2. The number of likely N-dealkylation sites (tertiary alicyclic amines) is 1. The Hall–Kier alpha value is -1.74. The van der Waals surface area contributed by atoms with Gasteiger partial charge in [-0.2, -0.15) is 0 Å². The van der Waals surface area contributed by atoms with Gasteiger partial charge in [0.25, 0.3) is 0 Å². The molecule has 110 valence electrons. The lowest BCUT2D eigenvalue weighted by molar-refractivity contribution is 0.226. The highest BCUT2D eigenvalue weighted by Gasteiger charge is 2.09. The van der Waals surface area contributed by atoms with Crippen molar-refractivity contribution >= 4 is 0 Å². The SMILES string of the molecule is c1ccc(-c2ccc(CCCN3CCCCC3)nc2)nc1. The van der Waals surface area contributed by atoms with Crippen molar-refractivity contribution in [1.82, 2.24) is 14.9 Å². The zero-order chi connectivity index (χ0) is 14.3. The van der Waals surface area contributed by atoms with E-state index in [0.29, 0.717) is 0 Å². The Morgan fingerprint density at radius 1 is 0.952 bits per heavy atom. The van der Waals surface area contributed by atoms with Gasteiger partial charge in [0.15, 0.2) is 0 Å². The third kappa shape index (κ3) is 4.11. The number of hydrogen-bond acceptors (Lipinski definition) is 3. The van der Waals surface area contributed by atoms with Crippen LogP contribution in [-0.4, -0.2) is 34.5 Å². The predicted octanol–water partition coefficient (Wildman–Crippen LogP) is 3.56. The van der Waals surface area contributed by atoms with Crippen LogP contribution in [0.4, 0.5) is 0 Å². The Balaban J connectivity index is 1.50. The minimum atomic E-state index is 0.991. The molecule has 0 aliphatic carbocycles. The number of aryl methyl sites for hydroxylation is 1. The first-order valence-corrected chi connectivity index (χ1v) is 8.00. The first kappa shape index (κ1) is 14.2. The molecule has 0 spiro atoms. The molecule has 2 aromatic rings. The Bertz CT molecular complexity index is 530. The predicted molar refractivity (Wildman–Crippen MR) is 86.1 cm³/mol. The fourth-order valence-corrected chi connectivity index (χ4v) is 2.92. The largest absolute Gasteiger partial charge is 0.303 e. The topological polar surface area (TPSA) is 29.0 Å². The van der Waals surface area contributed by atoms with Crippen LogP contribution in [0.5, 0.6) is 0 Å². The Labute approximate surface area is 127 Å².